The topological polar surface area (TPSA) is 60.9 Å². The summed E-state index contributed by atoms with van der Waals surface area (Å²) in [5.74, 6) is 2.72. The van der Waals surface area contributed by atoms with Crippen molar-refractivity contribution in [3.8, 4) is 0 Å². The van der Waals surface area contributed by atoms with E-state index in [0.29, 0.717) is 26.1 Å². The number of piperazine rings is 2. The van der Waals surface area contributed by atoms with Crippen LogP contribution in [0, 0.1) is 23.2 Å². The highest BCUT2D eigenvalue weighted by Gasteiger charge is 2.52. The monoisotopic (exact) mass is 359 g/mol. The first-order valence-electron chi connectivity index (χ1n) is 10.2. The average Bonchev–Trinajstić information content (AvgIpc) is 2.57. The van der Waals surface area contributed by atoms with E-state index in [-0.39, 0.29) is 29.7 Å². The third-order valence-corrected chi connectivity index (χ3v) is 7.78. The van der Waals surface area contributed by atoms with E-state index < -0.39 is 6.04 Å². The van der Waals surface area contributed by atoms with Gasteiger partial charge in [-0.05, 0) is 61.7 Å². The van der Waals surface area contributed by atoms with Gasteiger partial charge in [-0.1, -0.05) is 0 Å². The Balaban J connectivity index is 1.28. The van der Waals surface area contributed by atoms with E-state index in [1.54, 1.807) is 11.9 Å². The number of amides is 3. The van der Waals surface area contributed by atoms with Crippen LogP contribution in [0.2, 0.25) is 0 Å². The largest absolute Gasteiger partial charge is 0.338 e. The van der Waals surface area contributed by atoms with Crippen molar-refractivity contribution in [2.45, 2.75) is 51.0 Å². The van der Waals surface area contributed by atoms with Crippen LogP contribution in [-0.4, -0.2) is 71.7 Å². The van der Waals surface area contributed by atoms with Gasteiger partial charge in [0.2, 0.25) is 17.7 Å². The van der Waals surface area contributed by atoms with Gasteiger partial charge >= 0.3 is 0 Å². The van der Waals surface area contributed by atoms with E-state index in [2.05, 4.69) is 0 Å². The zero-order valence-electron chi connectivity index (χ0n) is 15.7. The van der Waals surface area contributed by atoms with Crippen molar-refractivity contribution in [1.29, 1.82) is 0 Å². The third-order valence-electron chi connectivity index (χ3n) is 7.78. The number of fused-ring (bicyclic) bond motifs is 1. The number of hydrogen-bond acceptors (Lipinski definition) is 3. The lowest BCUT2D eigenvalue weighted by Crippen LogP contribution is -2.66. The normalized spacial score (nSPS) is 41.7. The fourth-order valence-corrected chi connectivity index (χ4v) is 7.08. The van der Waals surface area contributed by atoms with Gasteiger partial charge in [0, 0.05) is 26.6 Å². The number of rotatable bonds is 2. The van der Waals surface area contributed by atoms with Gasteiger partial charge in [0.15, 0.2) is 0 Å². The van der Waals surface area contributed by atoms with Crippen LogP contribution in [0.5, 0.6) is 0 Å². The molecule has 0 aromatic heterocycles. The summed E-state index contributed by atoms with van der Waals surface area (Å²) in [6.45, 7) is 1.61. The third kappa shape index (κ3) is 2.55. The van der Waals surface area contributed by atoms with Crippen LogP contribution < -0.4 is 0 Å². The lowest BCUT2D eigenvalue weighted by atomic mass is 9.49. The molecule has 0 aromatic carbocycles. The minimum absolute atomic E-state index is 0.00489. The molecule has 4 saturated carbocycles. The maximum Gasteiger partial charge on any atom is 0.247 e. The molecule has 2 saturated heterocycles. The molecule has 1 atom stereocenters. The molecule has 4 aliphatic carbocycles. The molecule has 0 N–H and O–H groups in total. The highest BCUT2D eigenvalue weighted by Crippen LogP contribution is 2.61. The molecule has 142 valence electrons. The Morgan fingerprint density at radius 2 is 1.65 bits per heavy atom. The molecule has 2 heterocycles. The van der Waals surface area contributed by atoms with Crippen LogP contribution >= 0.6 is 0 Å². The van der Waals surface area contributed by atoms with Gasteiger partial charge in [-0.2, -0.15) is 0 Å². The van der Waals surface area contributed by atoms with Gasteiger partial charge in [0.25, 0.3) is 0 Å². The van der Waals surface area contributed by atoms with E-state index in [1.165, 1.54) is 43.4 Å². The molecule has 6 nitrogen and oxygen atoms in total. The number of nitrogens with zero attached hydrogens (tertiary/aromatic N) is 3. The van der Waals surface area contributed by atoms with E-state index in [9.17, 15) is 14.4 Å². The Hall–Kier alpha value is -1.59. The minimum Gasteiger partial charge on any atom is -0.338 e. The molecule has 6 heteroatoms. The Morgan fingerprint density at radius 1 is 1.04 bits per heavy atom. The van der Waals surface area contributed by atoms with E-state index in [4.69, 9.17) is 0 Å². The lowest BCUT2D eigenvalue weighted by molar-refractivity contribution is -0.161. The average molecular weight is 359 g/mol. The van der Waals surface area contributed by atoms with Crippen molar-refractivity contribution in [3.63, 3.8) is 0 Å². The lowest BCUT2D eigenvalue weighted by Gasteiger charge is -2.57. The van der Waals surface area contributed by atoms with Gasteiger partial charge in [-0.15, -0.1) is 0 Å². The fourth-order valence-electron chi connectivity index (χ4n) is 7.08. The summed E-state index contributed by atoms with van der Waals surface area (Å²) in [6.07, 6.45) is 8.50. The van der Waals surface area contributed by atoms with E-state index >= 15 is 0 Å². The summed E-state index contributed by atoms with van der Waals surface area (Å²) in [5, 5.41) is 0. The summed E-state index contributed by atoms with van der Waals surface area (Å²) in [5.41, 5.74) is 0.228. The predicted octanol–water partition coefficient (Wildman–Crippen LogP) is 1.10. The van der Waals surface area contributed by atoms with Crippen molar-refractivity contribution in [3.05, 3.63) is 0 Å². The van der Waals surface area contributed by atoms with Gasteiger partial charge < -0.3 is 14.7 Å². The van der Waals surface area contributed by atoms with Crippen molar-refractivity contribution in [1.82, 2.24) is 14.7 Å². The highest BCUT2D eigenvalue weighted by molar-refractivity contribution is 5.95. The SMILES string of the molecule is CN1CC(=O)N2CCN(C(=O)CC34CC5CC(CC(C5)C3)C4)CC2C1=O. The molecule has 6 rings (SSSR count). The van der Waals surface area contributed by atoms with Crippen molar-refractivity contribution in [2.75, 3.05) is 33.2 Å². The Labute approximate surface area is 154 Å². The number of carbonyl (C=O) groups is 3. The Kier molecular flexibility index (Phi) is 3.63. The standard InChI is InChI=1S/C20H29N3O3/c1-21-12-18(25)23-3-2-22(11-16(23)19(21)26)17(24)10-20-7-13-4-14(8-20)6-15(5-13)9-20/h13-16H,2-12H2,1H3. The second-order valence-corrected chi connectivity index (χ2v) is 9.73. The molecule has 4 bridgehead atoms. The summed E-state index contributed by atoms with van der Waals surface area (Å²) >= 11 is 0. The van der Waals surface area contributed by atoms with Gasteiger partial charge in [0.1, 0.15) is 6.04 Å². The molecule has 3 amide bonds. The zero-order chi connectivity index (χ0) is 18.1. The quantitative estimate of drug-likeness (QED) is 0.742. The Bertz CT molecular complexity index is 625. The summed E-state index contributed by atoms with van der Waals surface area (Å²) in [7, 11) is 1.67. The van der Waals surface area contributed by atoms with Gasteiger partial charge in [0.05, 0.1) is 13.1 Å². The van der Waals surface area contributed by atoms with Crippen LogP contribution in [-0.2, 0) is 14.4 Å². The molecule has 6 aliphatic rings. The molecule has 1 unspecified atom stereocenters. The van der Waals surface area contributed by atoms with Crippen molar-refractivity contribution >= 4 is 17.7 Å². The maximum absolute atomic E-state index is 13.1. The molecule has 2 aliphatic heterocycles. The highest BCUT2D eigenvalue weighted by atomic mass is 16.2. The molecule has 0 aromatic rings. The number of hydrogen-bond donors (Lipinski definition) is 0. The van der Waals surface area contributed by atoms with Gasteiger partial charge in [-0.25, -0.2) is 0 Å². The fraction of sp³-hybridized carbons (Fsp3) is 0.850. The smallest absolute Gasteiger partial charge is 0.247 e. The summed E-state index contributed by atoms with van der Waals surface area (Å²) in [4.78, 5) is 42.8. The number of likely N-dealkylation sites (N-methyl/N-ethyl adjacent to an activating group) is 1. The molecule has 0 radical (unpaired) electrons. The first-order chi connectivity index (χ1) is 12.4. The van der Waals surface area contributed by atoms with Crippen LogP contribution in [0.15, 0.2) is 0 Å². The predicted molar refractivity (Wildman–Crippen MR) is 94.9 cm³/mol. The summed E-state index contributed by atoms with van der Waals surface area (Å²) < 4.78 is 0. The second-order valence-electron chi connectivity index (χ2n) is 9.73. The van der Waals surface area contributed by atoms with E-state index in [1.807, 2.05) is 4.90 Å². The number of carbonyl (C=O) groups excluding carboxylic acids is 3. The molecule has 0 spiro atoms. The minimum atomic E-state index is -0.477. The van der Waals surface area contributed by atoms with E-state index in [0.717, 1.165) is 17.8 Å². The van der Waals surface area contributed by atoms with Gasteiger partial charge in [-0.3, -0.25) is 14.4 Å². The first kappa shape index (κ1) is 16.6. The van der Waals surface area contributed by atoms with Crippen LogP contribution in [0.4, 0.5) is 0 Å². The van der Waals surface area contributed by atoms with Crippen LogP contribution in [0.1, 0.15) is 44.9 Å². The Morgan fingerprint density at radius 3 is 2.27 bits per heavy atom. The molecular formula is C20H29N3O3. The molecule has 26 heavy (non-hydrogen) atoms. The van der Waals surface area contributed by atoms with Crippen LogP contribution in [0.3, 0.4) is 0 Å². The first-order valence-corrected chi connectivity index (χ1v) is 10.2. The molecule has 6 fully saturated rings. The maximum atomic E-state index is 13.1. The second kappa shape index (κ2) is 5.70. The van der Waals surface area contributed by atoms with Crippen LogP contribution in [0.25, 0.3) is 0 Å². The zero-order valence-corrected chi connectivity index (χ0v) is 15.7. The van der Waals surface area contributed by atoms with Crippen molar-refractivity contribution < 1.29 is 14.4 Å². The molecular weight excluding hydrogens is 330 g/mol. The van der Waals surface area contributed by atoms with Crippen molar-refractivity contribution in [2.24, 2.45) is 23.2 Å². The summed E-state index contributed by atoms with van der Waals surface area (Å²) in [6, 6.07) is -0.477.